The average molecular weight is 263 g/mol. The molecule has 0 bridgehead atoms. The fraction of sp³-hybridized carbons (Fsp3) is 0.200. The van der Waals surface area contributed by atoms with Gasteiger partial charge in [0, 0.05) is 12.1 Å². The van der Waals surface area contributed by atoms with Crippen molar-refractivity contribution in [2.24, 2.45) is 0 Å². The Morgan fingerprint density at radius 1 is 1.00 bits per heavy atom. The molecule has 0 radical (unpaired) electrons. The minimum absolute atomic E-state index is 0.581. The lowest BCUT2D eigenvalue weighted by Crippen LogP contribution is -1.99. The van der Waals surface area contributed by atoms with Gasteiger partial charge in [0.25, 0.3) is 0 Å². The SMILES string of the molecule is COCc1ccc([C@@H](O)c2ccc(Cl)cc2)cc1. The van der Waals surface area contributed by atoms with Crippen LogP contribution < -0.4 is 0 Å². The van der Waals surface area contributed by atoms with Crippen LogP contribution in [0, 0.1) is 0 Å². The molecule has 2 aromatic carbocycles. The highest BCUT2D eigenvalue weighted by molar-refractivity contribution is 6.30. The molecule has 2 nitrogen and oxygen atoms in total. The van der Waals surface area contributed by atoms with Gasteiger partial charge in [-0.3, -0.25) is 0 Å². The van der Waals surface area contributed by atoms with E-state index in [4.69, 9.17) is 16.3 Å². The van der Waals surface area contributed by atoms with Crippen LogP contribution in [0.3, 0.4) is 0 Å². The third kappa shape index (κ3) is 3.10. The van der Waals surface area contributed by atoms with Gasteiger partial charge in [0.05, 0.1) is 6.61 Å². The molecule has 0 spiro atoms. The van der Waals surface area contributed by atoms with Crippen LogP contribution in [-0.2, 0) is 11.3 Å². The standard InChI is InChI=1S/C15H15ClO2/c1-18-10-11-2-4-12(5-3-11)15(17)13-6-8-14(16)9-7-13/h2-9,15,17H,10H2,1H3/t15-/m1/s1. The molecule has 0 aliphatic rings. The molecule has 0 saturated carbocycles. The van der Waals surface area contributed by atoms with Crippen molar-refractivity contribution < 1.29 is 9.84 Å². The minimum Gasteiger partial charge on any atom is -0.384 e. The van der Waals surface area contributed by atoms with E-state index in [-0.39, 0.29) is 0 Å². The number of hydrogen-bond acceptors (Lipinski definition) is 2. The quantitative estimate of drug-likeness (QED) is 0.913. The van der Waals surface area contributed by atoms with Gasteiger partial charge >= 0.3 is 0 Å². The Labute approximate surface area is 112 Å². The van der Waals surface area contributed by atoms with Gasteiger partial charge in [0.1, 0.15) is 6.10 Å². The van der Waals surface area contributed by atoms with Gasteiger partial charge in [-0.25, -0.2) is 0 Å². The van der Waals surface area contributed by atoms with Gasteiger partial charge in [-0.15, -0.1) is 0 Å². The summed E-state index contributed by atoms with van der Waals surface area (Å²) in [6, 6.07) is 14.9. The summed E-state index contributed by atoms with van der Waals surface area (Å²) in [6.45, 7) is 0.581. The van der Waals surface area contributed by atoms with Crippen molar-refractivity contribution in [3.05, 3.63) is 70.2 Å². The van der Waals surface area contributed by atoms with Gasteiger partial charge in [-0.2, -0.15) is 0 Å². The lowest BCUT2D eigenvalue weighted by atomic mass is 10.0. The normalized spacial score (nSPS) is 12.4. The second kappa shape index (κ2) is 6.01. The molecule has 2 aromatic rings. The van der Waals surface area contributed by atoms with E-state index in [1.54, 1.807) is 19.2 Å². The maximum Gasteiger partial charge on any atom is 0.104 e. The maximum absolute atomic E-state index is 10.2. The number of hydrogen-bond donors (Lipinski definition) is 1. The minimum atomic E-state index is -0.626. The number of aliphatic hydroxyl groups is 1. The topological polar surface area (TPSA) is 29.5 Å². The van der Waals surface area contributed by atoms with Crippen LogP contribution in [0.4, 0.5) is 0 Å². The Hall–Kier alpha value is -1.35. The maximum atomic E-state index is 10.2. The van der Waals surface area contributed by atoms with Gasteiger partial charge in [0.2, 0.25) is 0 Å². The van der Waals surface area contributed by atoms with E-state index in [1.165, 1.54) is 0 Å². The molecule has 0 fully saturated rings. The third-order valence-corrected chi connectivity index (χ3v) is 3.04. The van der Waals surface area contributed by atoms with Crippen LogP contribution in [0.2, 0.25) is 5.02 Å². The van der Waals surface area contributed by atoms with Crippen molar-refractivity contribution in [1.82, 2.24) is 0 Å². The van der Waals surface area contributed by atoms with Crippen LogP contribution in [0.15, 0.2) is 48.5 Å². The number of methoxy groups -OCH3 is 1. The summed E-state index contributed by atoms with van der Waals surface area (Å²) < 4.78 is 5.05. The molecule has 0 saturated heterocycles. The van der Waals surface area contributed by atoms with Crippen LogP contribution in [-0.4, -0.2) is 12.2 Å². The molecular weight excluding hydrogens is 248 g/mol. The summed E-state index contributed by atoms with van der Waals surface area (Å²) >= 11 is 5.82. The fourth-order valence-electron chi connectivity index (χ4n) is 1.80. The molecule has 0 aromatic heterocycles. The second-order valence-corrected chi connectivity index (χ2v) is 4.57. The summed E-state index contributed by atoms with van der Waals surface area (Å²) in [5, 5.41) is 10.9. The summed E-state index contributed by atoms with van der Waals surface area (Å²) in [4.78, 5) is 0. The van der Waals surface area contributed by atoms with E-state index < -0.39 is 6.10 Å². The monoisotopic (exact) mass is 262 g/mol. The first-order chi connectivity index (χ1) is 8.70. The van der Waals surface area contributed by atoms with E-state index in [0.29, 0.717) is 11.6 Å². The molecule has 2 rings (SSSR count). The molecule has 0 aliphatic heterocycles. The highest BCUT2D eigenvalue weighted by atomic mass is 35.5. The number of ether oxygens (including phenoxy) is 1. The largest absolute Gasteiger partial charge is 0.384 e. The Kier molecular flexibility index (Phi) is 4.37. The molecule has 0 aliphatic carbocycles. The van der Waals surface area contributed by atoms with Crippen molar-refractivity contribution in [2.45, 2.75) is 12.7 Å². The van der Waals surface area contributed by atoms with Crippen molar-refractivity contribution in [1.29, 1.82) is 0 Å². The predicted molar refractivity (Wildman–Crippen MR) is 72.7 cm³/mol. The first-order valence-electron chi connectivity index (χ1n) is 5.72. The van der Waals surface area contributed by atoms with Crippen molar-refractivity contribution in [3.63, 3.8) is 0 Å². The highest BCUT2D eigenvalue weighted by Gasteiger charge is 2.09. The average Bonchev–Trinajstić information content (AvgIpc) is 2.40. The first-order valence-corrected chi connectivity index (χ1v) is 6.10. The van der Waals surface area contributed by atoms with E-state index in [2.05, 4.69) is 0 Å². The molecule has 18 heavy (non-hydrogen) atoms. The molecule has 1 atom stereocenters. The van der Waals surface area contributed by atoms with Gasteiger partial charge < -0.3 is 9.84 Å². The molecule has 3 heteroatoms. The zero-order valence-electron chi connectivity index (χ0n) is 10.1. The molecule has 0 amide bonds. The fourth-order valence-corrected chi connectivity index (χ4v) is 1.93. The number of rotatable bonds is 4. The number of benzene rings is 2. The Balaban J connectivity index is 2.17. The zero-order valence-corrected chi connectivity index (χ0v) is 10.9. The lowest BCUT2D eigenvalue weighted by Gasteiger charge is -2.12. The Bertz CT molecular complexity index is 491. The molecule has 0 unspecified atom stereocenters. The Morgan fingerprint density at radius 2 is 1.50 bits per heavy atom. The Morgan fingerprint density at radius 3 is 2.00 bits per heavy atom. The smallest absolute Gasteiger partial charge is 0.104 e. The van der Waals surface area contributed by atoms with Crippen LogP contribution >= 0.6 is 11.6 Å². The van der Waals surface area contributed by atoms with Crippen LogP contribution in [0.25, 0.3) is 0 Å². The summed E-state index contributed by atoms with van der Waals surface area (Å²) in [5.41, 5.74) is 2.78. The van der Waals surface area contributed by atoms with Crippen LogP contribution in [0.1, 0.15) is 22.8 Å². The molecular formula is C15H15ClO2. The third-order valence-electron chi connectivity index (χ3n) is 2.79. The molecule has 1 N–H and O–H groups in total. The van der Waals surface area contributed by atoms with Crippen molar-refractivity contribution in [2.75, 3.05) is 7.11 Å². The van der Waals surface area contributed by atoms with E-state index in [1.807, 2.05) is 36.4 Å². The second-order valence-electron chi connectivity index (χ2n) is 4.13. The van der Waals surface area contributed by atoms with E-state index in [0.717, 1.165) is 16.7 Å². The number of aliphatic hydroxyl groups excluding tert-OH is 1. The summed E-state index contributed by atoms with van der Waals surface area (Å²) in [5.74, 6) is 0. The van der Waals surface area contributed by atoms with E-state index >= 15 is 0 Å². The summed E-state index contributed by atoms with van der Waals surface area (Å²) in [6.07, 6.45) is -0.626. The number of halogens is 1. The molecule has 94 valence electrons. The van der Waals surface area contributed by atoms with Gasteiger partial charge in [-0.05, 0) is 28.8 Å². The summed E-state index contributed by atoms with van der Waals surface area (Å²) in [7, 11) is 1.66. The highest BCUT2D eigenvalue weighted by Crippen LogP contribution is 2.23. The van der Waals surface area contributed by atoms with Crippen molar-refractivity contribution >= 4 is 11.6 Å². The van der Waals surface area contributed by atoms with E-state index in [9.17, 15) is 5.11 Å². The molecule has 0 heterocycles. The first kappa shape index (κ1) is 13.1. The zero-order chi connectivity index (χ0) is 13.0. The van der Waals surface area contributed by atoms with Gasteiger partial charge in [0.15, 0.2) is 0 Å². The van der Waals surface area contributed by atoms with Crippen LogP contribution in [0.5, 0.6) is 0 Å². The van der Waals surface area contributed by atoms with Gasteiger partial charge in [-0.1, -0.05) is 48.0 Å². The van der Waals surface area contributed by atoms with Crippen molar-refractivity contribution in [3.8, 4) is 0 Å². The lowest BCUT2D eigenvalue weighted by molar-refractivity contribution is 0.184. The predicted octanol–water partition coefficient (Wildman–Crippen LogP) is 3.57.